The summed E-state index contributed by atoms with van der Waals surface area (Å²) in [5, 5.41) is 8.68. The Morgan fingerprint density at radius 1 is 1.28 bits per heavy atom. The summed E-state index contributed by atoms with van der Waals surface area (Å²) < 4.78 is 18.7. The van der Waals surface area contributed by atoms with Gasteiger partial charge in [-0.2, -0.15) is 0 Å². The van der Waals surface area contributed by atoms with Gasteiger partial charge in [-0.15, -0.1) is 0 Å². The molecule has 3 nitrogen and oxygen atoms in total. The molecule has 0 saturated carbocycles. The third kappa shape index (κ3) is 5.02. The number of nitrogens with zero attached hydrogens (tertiary/aromatic N) is 1. The second-order valence-electron chi connectivity index (χ2n) is 4.48. The summed E-state index contributed by atoms with van der Waals surface area (Å²) in [7, 11) is 3.50. The number of rotatable bonds is 8. The van der Waals surface area contributed by atoms with E-state index in [0.29, 0.717) is 17.9 Å². The first-order valence-electron chi connectivity index (χ1n) is 6.29. The van der Waals surface area contributed by atoms with Gasteiger partial charge in [-0.25, -0.2) is 4.39 Å². The van der Waals surface area contributed by atoms with Gasteiger partial charge in [0.2, 0.25) is 0 Å². The van der Waals surface area contributed by atoms with Gasteiger partial charge in [0, 0.05) is 24.8 Å². The van der Waals surface area contributed by atoms with Gasteiger partial charge in [0.25, 0.3) is 0 Å². The van der Waals surface area contributed by atoms with Crippen molar-refractivity contribution >= 4 is 0 Å². The average Bonchev–Trinajstić information content (AvgIpc) is 2.37. The predicted octanol–water partition coefficient (Wildman–Crippen LogP) is 2.43. The molecule has 4 heteroatoms. The second kappa shape index (κ2) is 8.06. The molecule has 0 spiro atoms. The number of methoxy groups -OCH3 is 1. The quantitative estimate of drug-likeness (QED) is 0.724. The van der Waals surface area contributed by atoms with Gasteiger partial charge >= 0.3 is 0 Å². The molecule has 1 N–H and O–H groups in total. The Kier molecular flexibility index (Phi) is 6.68. The Hall–Kier alpha value is -1.13. The highest BCUT2D eigenvalue weighted by atomic mass is 19.1. The van der Waals surface area contributed by atoms with Gasteiger partial charge < -0.3 is 14.7 Å². The molecule has 0 unspecified atom stereocenters. The van der Waals surface area contributed by atoms with Crippen molar-refractivity contribution in [2.24, 2.45) is 0 Å². The maximum Gasteiger partial charge on any atom is 0.131 e. The van der Waals surface area contributed by atoms with E-state index in [4.69, 9.17) is 9.84 Å². The zero-order valence-corrected chi connectivity index (χ0v) is 11.2. The van der Waals surface area contributed by atoms with E-state index in [-0.39, 0.29) is 12.4 Å². The van der Waals surface area contributed by atoms with E-state index in [9.17, 15) is 4.39 Å². The SMILES string of the molecule is COc1ccc(CN(C)CCCCCO)c(F)c1. The van der Waals surface area contributed by atoms with Crippen LogP contribution in [0.1, 0.15) is 24.8 Å². The van der Waals surface area contributed by atoms with Gasteiger partial charge in [0.1, 0.15) is 11.6 Å². The zero-order valence-electron chi connectivity index (χ0n) is 11.2. The van der Waals surface area contributed by atoms with Crippen LogP contribution in [0.25, 0.3) is 0 Å². The lowest BCUT2D eigenvalue weighted by Gasteiger charge is -2.17. The van der Waals surface area contributed by atoms with Crippen LogP contribution in [-0.4, -0.2) is 37.3 Å². The van der Waals surface area contributed by atoms with Gasteiger partial charge in [0.15, 0.2) is 0 Å². The maximum absolute atomic E-state index is 13.7. The smallest absolute Gasteiger partial charge is 0.131 e. The molecule has 1 rings (SSSR count). The topological polar surface area (TPSA) is 32.7 Å². The van der Waals surface area contributed by atoms with Crippen LogP contribution in [0.4, 0.5) is 4.39 Å². The molecule has 0 atom stereocenters. The number of benzene rings is 1. The molecule has 0 bridgehead atoms. The summed E-state index contributed by atoms with van der Waals surface area (Å²) in [6.07, 6.45) is 2.87. The number of aliphatic hydroxyl groups excluding tert-OH is 1. The molecule has 0 aliphatic carbocycles. The molecule has 0 aliphatic heterocycles. The third-order valence-electron chi connectivity index (χ3n) is 2.90. The van der Waals surface area contributed by atoms with Crippen LogP contribution in [0, 0.1) is 5.82 Å². The average molecular weight is 255 g/mol. The van der Waals surface area contributed by atoms with Gasteiger partial charge in [-0.05, 0) is 38.9 Å². The van der Waals surface area contributed by atoms with E-state index in [0.717, 1.165) is 25.8 Å². The van der Waals surface area contributed by atoms with E-state index in [1.807, 2.05) is 7.05 Å². The second-order valence-corrected chi connectivity index (χ2v) is 4.48. The monoisotopic (exact) mass is 255 g/mol. The van der Waals surface area contributed by atoms with Gasteiger partial charge in [-0.1, -0.05) is 6.07 Å². The van der Waals surface area contributed by atoms with E-state index < -0.39 is 0 Å². The van der Waals surface area contributed by atoms with Gasteiger partial charge in [-0.3, -0.25) is 0 Å². The molecule has 18 heavy (non-hydrogen) atoms. The number of aliphatic hydroxyl groups is 1. The Morgan fingerprint density at radius 2 is 2.06 bits per heavy atom. The van der Waals surface area contributed by atoms with Crippen molar-refractivity contribution in [3.8, 4) is 5.75 Å². The lowest BCUT2D eigenvalue weighted by molar-refractivity contribution is 0.270. The van der Waals surface area contributed by atoms with Crippen LogP contribution in [0.3, 0.4) is 0 Å². The van der Waals surface area contributed by atoms with Crippen molar-refractivity contribution in [3.63, 3.8) is 0 Å². The van der Waals surface area contributed by atoms with Crippen molar-refractivity contribution < 1.29 is 14.2 Å². The summed E-state index contributed by atoms with van der Waals surface area (Å²) >= 11 is 0. The minimum absolute atomic E-state index is 0.225. The molecule has 1 aromatic carbocycles. The van der Waals surface area contributed by atoms with Gasteiger partial charge in [0.05, 0.1) is 7.11 Å². The Morgan fingerprint density at radius 3 is 2.67 bits per heavy atom. The van der Waals surface area contributed by atoms with Crippen LogP contribution in [-0.2, 0) is 6.54 Å². The Bertz CT molecular complexity index is 358. The van der Waals surface area contributed by atoms with E-state index >= 15 is 0 Å². The summed E-state index contributed by atoms with van der Waals surface area (Å²) in [4.78, 5) is 2.09. The lowest BCUT2D eigenvalue weighted by atomic mass is 10.2. The first-order chi connectivity index (χ1) is 8.67. The number of unbranched alkanes of at least 4 members (excludes halogenated alkanes) is 2. The molecular formula is C14H22FNO2. The number of ether oxygens (including phenoxy) is 1. The minimum Gasteiger partial charge on any atom is -0.497 e. The van der Waals surface area contributed by atoms with Crippen LogP contribution in [0.15, 0.2) is 18.2 Å². The molecule has 1 aromatic rings. The lowest BCUT2D eigenvalue weighted by Crippen LogP contribution is -2.19. The minimum atomic E-state index is -0.225. The fourth-order valence-corrected chi connectivity index (χ4v) is 1.82. The number of halogens is 1. The van der Waals surface area contributed by atoms with E-state index in [2.05, 4.69) is 4.90 Å². The molecule has 102 valence electrons. The highest BCUT2D eigenvalue weighted by Gasteiger charge is 2.06. The number of hydrogen-bond donors (Lipinski definition) is 1. The van der Waals surface area contributed by atoms with E-state index in [1.165, 1.54) is 13.2 Å². The maximum atomic E-state index is 13.7. The molecule has 0 aliphatic rings. The largest absolute Gasteiger partial charge is 0.497 e. The highest BCUT2D eigenvalue weighted by molar-refractivity contribution is 5.28. The molecular weight excluding hydrogens is 233 g/mol. The fourth-order valence-electron chi connectivity index (χ4n) is 1.82. The van der Waals surface area contributed by atoms with Crippen LogP contribution in [0.5, 0.6) is 5.75 Å². The standard InChI is InChI=1S/C14H22FNO2/c1-16(8-4-3-5-9-17)11-12-6-7-13(18-2)10-14(12)15/h6-7,10,17H,3-5,8-9,11H2,1-2H3. The van der Waals surface area contributed by atoms with Crippen LogP contribution >= 0.6 is 0 Å². The predicted molar refractivity (Wildman–Crippen MR) is 70.2 cm³/mol. The number of hydrogen-bond acceptors (Lipinski definition) is 3. The molecule has 0 heterocycles. The van der Waals surface area contributed by atoms with Crippen molar-refractivity contribution in [3.05, 3.63) is 29.6 Å². The summed E-state index contributed by atoms with van der Waals surface area (Å²) in [5.41, 5.74) is 0.681. The first-order valence-corrected chi connectivity index (χ1v) is 6.29. The third-order valence-corrected chi connectivity index (χ3v) is 2.90. The first kappa shape index (κ1) is 14.9. The summed E-state index contributed by atoms with van der Waals surface area (Å²) in [6, 6.07) is 4.95. The van der Waals surface area contributed by atoms with Crippen LogP contribution in [0.2, 0.25) is 0 Å². The molecule has 0 amide bonds. The molecule has 0 fully saturated rings. The van der Waals surface area contributed by atoms with Crippen molar-refractivity contribution in [2.75, 3.05) is 27.3 Å². The molecule has 0 radical (unpaired) electrons. The highest BCUT2D eigenvalue weighted by Crippen LogP contribution is 2.17. The Balaban J connectivity index is 2.41. The zero-order chi connectivity index (χ0) is 13.4. The molecule has 0 aromatic heterocycles. The van der Waals surface area contributed by atoms with Crippen molar-refractivity contribution in [1.29, 1.82) is 0 Å². The van der Waals surface area contributed by atoms with Crippen LogP contribution < -0.4 is 4.74 Å². The van der Waals surface area contributed by atoms with Crippen molar-refractivity contribution in [1.82, 2.24) is 4.90 Å². The normalized spacial score (nSPS) is 10.9. The summed E-state index contributed by atoms with van der Waals surface area (Å²) in [6.45, 7) is 1.75. The van der Waals surface area contributed by atoms with Crippen molar-refractivity contribution in [2.45, 2.75) is 25.8 Å². The van der Waals surface area contributed by atoms with E-state index in [1.54, 1.807) is 12.1 Å². The Labute approximate surface area is 108 Å². The summed E-state index contributed by atoms with van der Waals surface area (Å²) in [5.74, 6) is 0.318. The fraction of sp³-hybridized carbons (Fsp3) is 0.571. The molecule has 0 saturated heterocycles.